The van der Waals surface area contributed by atoms with Crippen LogP contribution in [0.5, 0.6) is 0 Å². The molecule has 1 saturated carbocycles. The predicted octanol–water partition coefficient (Wildman–Crippen LogP) is 3.50. The van der Waals surface area contributed by atoms with E-state index >= 15 is 0 Å². The van der Waals surface area contributed by atoms with E-state index < -0.39 is 0 Å². The second-order valence-corrected chi connectivity index (χ2v) is 5.47. The number of hydrogen-bond acceptors (Lipinski definition) is 3. The van der Waals surface area contributed by atoms with Crippen LogP contribution in [0.15, 0.2) is 24.3 Å². The summed E-state index contributed by atoms with van der Waals surface area (Å²) in [7, 11) is 0. The molecule has 0 radical (unpaired) electrons. The first-order valence-corrected chi connectivity index (χ1v) is 7.23. The first-order valence-electron chi connectivity index (χ1n) is 7.23. The molecule has 0 N–H and O–H groups in total. The van der Waals surface area contributed by atoms with Gasteiger partial charge in [0.15, 0.2) is 5.69 Å². The monoisotopic (exact) mass is 266 g/mol. The first kappa shape index (κ1) is 12.9. The van der Waals surface area contributed by atoms with E-state index in [-0.39, 0.29) is 0 Å². The number of nitrogens with zero attached hydrogens (tertiary/aromatic N) is 4. The molecule has 4 nitrogen and oxygen atoms in total. The summed E-state index contributed by atoms with van der Waals surface area (Å²) in [6, 6.07) is 10.3. The van der Waals surface area contributed by atoms with E-state index in [2.05, 4.69) is 29.4 Å². The smallest absolute Gasteiger partial charge is 0.186 e. The lowest BCUT2D eigenvalue weighted by molar-refractivity contribution is 0.429. The highest BCUT2D eigenvalue weighted by molar-refractivity contribution is 5.43. The fourth-order valence-corrected chi connectivity index (χ4v) is 3.09. The fourth-order valence-electron chi connectivity index (χ4n) is 3.09. The van der Waals surface area contributed by atoms with Gasteiger partial charge in [-0.25, -0.2) is 4.68 Å². The van der Waals surface area contributed by atoms with E-state index in [4.69, 9.17) is 0 Å². The van der Waals surface area contributed by atoms with Crippen LogP contribution < -0.4 is 0 Å². The molecule has 20 heavy (non-hydrogen) atoms. The van der Waals surface area contributed by atoms with Crippen molar-refractivity contribution in [2.24, 2.45) is 0 Å². The lowest BCUT2D eigenvalue weighted by Crippen LogP contribution is -2.12. The lowest BCUT2D eigenvalue weighted by Gasteiger charge is -2.22. The third kappa shape index (κ3) is 2.20. The summed E-state index contributed by atoms with van der Waals surface area (Å²) < 4.78 is 1.88. The SMILES string of the molecule is Cc1ccccc1-n1nnc(C#N)c1C1CCCCC1. The second-order valence-electron chi connectivity index (χ2n) is 5.47. The quantitative estimate of drug-likeness (QED) is 0.836. The van der Waals surface area contributed by atoms with E-state index in [1.807, 2.05) is 22.9 Å². The molecule has 0 aliphatic heterocycles. The van der Waals surface area contributed by atoms with Gasteiger partial charge in [-0.15, -0.1) is 5.10 Å². The van der Waals surface area contributed by atoms with Crippen LogP contribution in [0.25, 0.3) is 5.69 Å². The number of aryl methyl sites for hydroxylation is 1. The third-order valence-corrected chi connectivity index (χ3v) is 4.15. The molecule has 1 aliphatic rings. The van der Waals surface area contributed by atoms with Crippen molar-refractivity contribution in [3.05, 3.63) is 41.2 Å². The van der Waals surface area contributed by atoms with Crippen LogP contribution in [0.4, 0.5) is 0 Å². The maximum absolute atomic E-state index is 9.31. The van der Waals surface area contributed by atoms with Gasteiger partial charge < -0.3 is 0 Å². The molecule has 0 atom stereocenters. The van der Waals surface area contributed by atoms with Crippen LogP contribution >= 0.6 is 0 Å². The number of rotatable bonds is 2. The largest absolute Gasteiger partial charge is 0.216 e. The Bertz CT molecular complexity index is 645. The average Bonchev–Trinajstić information content (AvgIpc) is 2.92. The standard InChI is InChI=1S/C16H18N4/c1-12-7-5-6-10-15(12)20-16(14(11-17)18-19-20)13-8-3-2-4-9-13/h5-7,10,13H,2-4,8-9H2,1H3. The van der Waals surface area contributed by atoms with Gasteiger partial charge in [-0.1, -0.05) is 42.7 Å². The number of aromatic nitrogens is 3. The van der Waals surface area contributed by atoms with Gasteiger partial charge in [0, 0.05) is 5.92 Å². The summed E-state index contributed by atoms with van der Waals surface area (Å²) in [5, 5.41) is 17.6. The molecule has 3 rings (SSSR count). The molecule has 1 heterocycles. The fraction of sp³-hybridized carbons (Fsp3) is 0.438. The van der Waals surface area contributed by atoms with Gasteiger partial charge in [0.25, 0.3) is 0 Å². The maximum atomic E-state index is 9.31. The number of para-hydroxylation sites is 1. The molecular weight excluding hydrogens is 248 g/mol. The molecule has 0 unspecified atom stereocenters. The molecule has 0 amide bonds. The Kier molecular flexibility index (Phi) is 3.51. The third-order valence-electron chi connectivity index (χ3n) is 4.15. The van der Waals surface area contributed by atoms with Crippen molar-refractivity contribution >= 4 is 0 Å². The molecular formula is C16H18N4. The minimum atomic E-state index is 0.410. The minimum absolute atomic E-state index is 0.410. The van der Waals surface area contributed by atoms with Gasteiger partial charge in [0.1, 0.15) is 6.07 Å². The normalized spacial score (nSPS) is 16.0. The Morgan fingerprint density at radius 3 is 2.65 bits per heavy atom. The summed E-state index contributed by atoms with van der Waals surface area (Å²) >= 11 is 0. The zero-order valence-corrected chi connectivity index (χ0v) is 11.7. The van der Waals surface area contributed by atoms with Gasteiger partial charge >= 0.3 is 0 Å². The van der Waals surface area contributed by atoms with Crippen molar-refractivity contribution < 1.29 is 0 Å². The molecule has 2 aromatic rings. The van der Waals surface area contributed by atoms with Crippen LogP contribution in [0.3, 0.4) is 0 Å². The average molecular weight is 266 g/mol. The Hall–Kier alpha value is -2.15. The topological polar surface area (TPSA) is 54.5 Å². The highest BCUT2D eigenvalue weighted by Crippen LogP contribution is 2.35. The highest BCUT2D eigenvalue weighted by Gasteiger charge is 2.25. The molecule has 102 valence electrons. The Morgan fingerprint density at radius 1 is 1.20 bits per heavy atom. The molecule has 0 bridgehead atoms. The van der Waals surface area contributed by atoms with Crippen LogP contribution in [-0.2, 0) is 0 Å². The van der Waals surface area contributed by atoms with E-state index in [9.17, 15) is 5.26 Å². The molecule has 1 fully saturated rings. The zero-order valence-electron chi connectivity index (χ0n) is 11.7. The molecule has 1 aromatic heterocycles. The van der Waals surface area contributed by atoms with Gasteiger partial charge in [-0.05, 0) is 31.4 Å². The van der Waals surface area contributed by atoms with E-state index in [0.717, 1.165) is 29.8 Å². The zero-order chi connectivity index (χ0) is 13.9. The van der Waals surface area contributed by atoms with Crippen molar-refractivity contribution in [3.63, 3.8) is 0 Å². The van der Waals surface area contributed by atoms with Crippen molar-refractivity contribution in [2.45, 2.75) is 44.9 Å². The Morgan fingerprint density at radius 2 is 1.95 bits per heavy atom. The van der Waals surface area contributed by atoms with Crippen LogP contribution in [0, 0.1) is 18.3 Å². The summed E-state index contributed by atoms with van der Waals surface area (Å²) in [5.74, 6) is 0.410. The van der Waals surface area contributed by atoms with Gasteiger partial charge in [0.05, 0.1) is 11.4 Å². The van der Waals surface area contributed by atoms with Gasteiger partial charge in [-0.2, -0.15) is 5.26 Å². The summed E-state index contributed by atoms with van der Waals surface area (Å²) in [4.78, 5) is 0. The van der Waals surface area contributed by atoms with Crippen LogP contribution in [0.2, 0.25) is 0 Å². The maximum Gasteiger partial charge on any atom is 0.186 e. The molecule has 1 aromatic carbocycles. The highest BCUT2D eigenvalue weighted by atomic mass is 15.4. The van der Waals surface area contributed by atoms with E-state index in [1.54, 1.807) is 0 Å². The van der Waals surface area contributed by atoms with Crippen molar-refractivity contribution in [3.8, 4) is 11.8 Å². The Balaban J connectivity index is 2.10. The van der Waals surface area contributed by atoms with E-state index in [0.29, 0.717) is 11.6 Å². The van der Waals surface area contributed by atoms with Crippen molar-refractivity contribution in [1.29, 1.82) is 5.26 Å². The molecule has 4 heteroatoms. The van der Waals surface area contributed by atoms with Crippen molar-refractivity contribution in [2.75, 3.05) is 0 Å². The van der Waals surface area contributed by atoms with Crippen molar-refractivity contribution in [1.82, 2.24) is 15.0 Å². The summed E-state index contributed by atoms with van der Waals surface area (Å²) in [5.41, 5.74) is 3.67. The van der Waals surface area contributed by atoms with Gasteiger partial charge in [-0.3, -0.25) is 0 Å². The molecule has 0 spiro atoms. The van der Waals surface area contributed by atoms with Crippen LogP contribution in [0.1, 0.15) is 55.0 Å². The number of nitriles is 1. The van der Waals surface area contributed by atoms with Gasteiger partial charge in [0.2, 0.25) is 0 Å². The van der Waals surface area contributed by atoms with Crippen LogP contribution in [-0.4, -0.2) is 15.0 Å². The molecule has 1 aliphatic carbocycles. The molecule has 0 saturated heterocycles. The Labute approximate surface area is 119 Å². The second kappa shape index (κ2) is 5.46. The summed E-state index contributed by atoms with van der Waals surface area (Å²) in [6.07, 6.45) is 6.02. The lowest BCUT2D eigenvalue weighted by atomic mass is 9.86. The number of benzene rings is 1. The predicted molar refractivity (Wildman–Crippen MR) is 76.6 cm³/mol. The number of hydrogen-bond donors (Lipinski definition) is 0. The summed E-state index contributed by atoms with van der Waals surface area (Å²) in [6.45, 7) is 2.06. The van der Waals surface area contributed by atoms with E-state index in [1.165, 1.54) is 19.3 Å². The minimum Gasteiger partial charge on any atom is -0.216 e. The first-order chi connectivity index (χ1) is 9.81.